The molecule has 1 aliphatic carbocycles. The Kier molecular flexibility index (Phi) is 6.79. The minimum atomic E-state index is 0.749. The monoisotopic (exact) mass is 281 g/mol. The second-order valence-electron chi connectivity index (χ2n) is 6.57. The second-order valence-corrected chi connectivity index (χ2v) is 6.57. The van der Waals surface area contributed by atoms with Crippen LogP contribution in [0.1, 0.15) is 59.3 Å². The molecule has 0 radical (unpaired) electrons. The molecule has 0 aromatic carbocycles. The third-order valence-electron chi connectivity index (χ3n) is 5.38. The minimum absolute atomic E-state index is 0.749. The molecule has 0 bridgehead atoms. The van der Waals surface area contributed by atoms with Crippen molar-refractivity contribution in [2.24, 2.45) is 0 Å². The lowest BCUT2D eigenvalue weighted by Crippen LogP contribution is -2.52. The van der Waals surface area contributed by atoms with Crippen molar-refractivity contribution < 1.29 is 0 Å². The molecule has 1 aliphatic heterocycles. The van der Waals surface area contributed by atoms with Crippen molar-refractivity contribution >= 4 is 0 Å². The number of likely N-dealkylation sites (N-methyl/N-ethyl adjacent to an activating group) is 1. The van der Waals surface area contributed by atoms with E-state index < -0.39 is 0 Å². The summed E-state index contributed by atoms with van der Waals surface area (Å²) in [6.07, 6.45) is 8.28. The first-order valence-corrected chi connectivity index (χ1v) is 9.01. The van der Waals surface area contributed by atoms with E-state index in [2.05, 4.69) is 35.9 Å². The van der Waals surface area contributed by atoms with Crippen LogP contribution < -0.4 is 5.32 Å². The van der Waals surface area contributed by atoms with Crippen molar-refractivity contribution in [3.8, 4) is 0 Å². The van der Waals surface area contributed by atoms with E-state index in [4.69, 9.17) is 0 Å². The molecule has 0 amide bonds. The van der Waals surface area contributed by atoms with Crippen LogP contribution in [0, 0.1) is 0 Å². The summed E-state index contributed by atoms with van der Waals surface area (Å²) in [6, 6.07) is 2.36. The van der Waals surface area contributed by atoms with E-state index in [9.17, 15) is 0 Å². The summed E-state index contributed by atoms with van der Waals surface area (Å²) in [5.41, 5.74) is 0. The molecule has 1 saturated carbocycles. The highest BCUT2D eigenvalue weighted by Gasteiger charge is 2.35. The molecule has 3 unspecified atom stereocenters. The summed E-state index contributed by atoms with van der Waals surface area (Å²) < 4.78 is 0. The van der Waals surface area contributed by atoms with Crippen LogP contribution >= 0.6 is 0 Å². The van der Waals surface area contributed by atoms with E-state index in [0.29, 0.717) is 0 Å². The summed E-state index contributed by atoms with van der Waals surface area (Å²) in [6.45, 7) is 13.1. The topological polar surface area (TPSA) is 18.5 Å². The van der Waals surface area contributed by atoms with E-state index in [1.807, 2.05) is 0 Å². The maximum absolute atomic E-state index is 3.82. The number of nitrogens with one attached hydrogen (secondary N) is 1. The number of hydrogen-bond donors (Lipinski definition) is 1. The predicted molar refractivity (Wildman–Crippen MR) is 87.2 cm³/mol. The average molecular weight is 281 g/mol. The van der Waals surface area contributed by atoms with E-state index in [-0.39, 0.29) is 0 Å². The first kappa shape index (κ1) is 16.3. The largest absolute Gasteiger partial charge is 0.312 e. The fourth-order valence-corrected chi connectivity index (χ4v) is 4.22. The molecule has 1 saturated heterocycles. The van der Waals surface area contributed by atoms with Gasteiger partial charge in [0.15, 0.2) is 0 Å². The molecule has 2 aliphatic rings. The molecule has 3 heteroatoms. The van der Waals surface area contributed by atoms with Gasteiger partial charge >= 0.3 is 0 Å². The predicted octanol–water partition coefficient (Wildman–Crippen LogP) is 2.71. The third-order valence-corrected chi connectivity index (χ3v) is 5.38. The van der Waals surface area contributed by atoms with E-state index in [1.165, 1.54) is 71.2 Å². The molecule has 1 heterocycles. The first-order chi connectivity index (χ1) is 9.80. The quantitative estimate of drug-likeness (QED) is 0.774. The Balaban J connectivity index is 1.89. The van der Waals surface area contributed by atoms with Crippen LogP contribution in [0.4, 0.5) is 0 Å². The van der Waals surface area contributed by atoms with Gasteiger partial charge in [-0.05, 0) is 45.3 Å². The van der Waals surface area contributed by atoms with E-state index >= 15 is 0 Å². The zero-order chi connectivity index (χ0) is 14.4. The maximum Gasteiger partial charge on any atom is 0.0250 e. The van der Waals surface area contributed by atoms with Crippen LogP contribution in [-0.4, -0.2) is 60.6 Å². The van der Waals surface area contributed by atoms with Crippen LogP contribution in [0.3, 0.4) is 0 Å². The van der Waals surface area contributed by atoms with Crippen molar-refractivity contribution in [3.63, 3.8) is 0 Å². The summed E-state index contributed by atoms with van der Waals surface area (Å²) in [4.78, 5) is 5.45. The lowest BCUT2D eigenvalue weighted by Gasteiger charge is -2.39. The molecule has 2 fully saturated rings. The fourth-order valence-electron chi connectivity index (χ4n) is 4.22. The maximum atomic E-state index is 3.82. The standard InChI is InChI=1S/C17H35N3/c1-4-12-18-16-9-7-8-10-17(16)20-13-11-15(14-20)19(5-2)6-3/h15-18H,4-14H2,1-3H3. The average Bonchev–Trinajstić information content (AvgIpc) is 2.96. The Hall–Kier alpha value is -0.120. The summed E-state index contributed by atoms with van der Waals surface area (Å²) in [5, 5.41) is 3.82. The Morgan fingerprint density at radius 2 is 1.80 bits per heavy atom. The second kappa shape index (κ2) is 8.35. The first-order valence-electron chi connectivity index (χ1n) is 9.01. The zero-order valence-corrected chi connectivity index (χ0v) is 13.9. The minimum Gasteiger partial charge on any atom is -0.312 e. The van der Waals surface area contributed by atoms with Crippen LogP contribution in [0.15, 0.2) is 0 Å². The molecule has 3 nitrogen and oxygen atoms in total. The van der Waals surface area contributed by atoms with Gasteiger partial charge in [-0.1, -0.05) is 33.6 Å². The van der Waals surface area contributed by atoms with Crippen LogP contribution in [0.2, 0.25) is 0 Å². The highest BCUT2D eigenvalue weighted by Crippen LogP contribution is 2.27. The Bertz CT molecular complexity index is 265. The molecule has 118 valence electrons. The molecule has 0 aromatic rings. The molecule has 0 aromatic heterocycles. The lowest BCUT2D eigenvalue weighted by molar-refractivity contribution is 0.132. The highest BCUT2D eigenvalue weighted by atomic mass is 15.3. The van der Waals surface area contributed by atoms with Gasteiger partial charge in [-0.15, -0.1) is 0 Å². The Morgan fingerprint density at radius 1 is 1.05 bits per heavy atom. The summed E-state index contributed by atoms with van der Waals surface area (Å²) in [5.74, 6) is 0. The number of nitrogens with zero attached hydrogens (tertiary/aromatic N) is 2. The summed E-state index contributed by atoms with van der Waals surface area (Å²) >= 11 is 0. The van der Waals surface area contributed by atoms with Gasteiger partial charge in [0, 0.05) is 31.2 Å². The third kappa shape index (κ3) is 3.96. The van der Waals surface area contributed by atoms with Gasteiger partial charge in [0.05, 0.1) is 0 Å². The van der Waals surface area contributed by atoms with Gasteiger partial charge in [-0.25, -0.2) is 0 Å². The van der Waals surface area contributed by atoms with Crippen LogP contribution in [0.25, 0.3) is 0 Å². The van der Waals surface area contributed by atoms with Crippen molar-refractivity contribution in [2.45, 2.75) is 77.4 Å². The molecule has 2 rings (SSSR count). The number of likely N-dealkylation sites (tertiary alicyclic amines) is 1. The summed E-state index contributed by atoms with van der Waals surface area (Å²) in [7, 11) is 0. The molecule has 3 atom stereocenters. The van der Waals surface area contributed by atoms with Crippen molar-refractivity contribution in [1.29, 1.82) is 0 Å². The van der Waals surface area contributed by atoms with Gasteiger partial charge in [0.1, 0.15) is 0 Å². The molecule has 20 heavy (non-hydrogen) atoms. The lowest BCUT2D eigenvalue weighted by atomic mass is 9.89. The fraction of sp³-hybridized carbons (Fsp3) is 1.00. The van der Waals surface area contributed by atoms with Gasteiger partial charge in [-0.2, -0.15) is 0 Å². The van der Waals surface area contributed by atoms with E-state index in [0.717, 1.165) is 18.1 Å². The van der Waals surface area contributed by atoms with Gasteiger partial charge in [0.25, 0.3) is 0 Å². The normalized spacial score (nSPS) is 32.1. The zero-order valence-electron chi connectivity index (χ0n) is 13.9. The van der Waals surface area contributed by atoms with Gasteiger partial charge in [0.2, 0.25) is 0 Å². The van der Waals surface area contributed by atoms with Crippen LogP contribution in [-0.2, 0) is 0 Å². The highest BCUT2D eigenvalue weighted by molar-refractivity contribution is 4.93. The molecule has 0 spiro atoms. The molecular weight excluding hydrogens is 246 g/mol. The van der Waals surface area contributed by atoms with Crippen molar-refractivity contribution in [3.05, 3.63) is 0 Å². The van der Waals surface area contributed by atoms with Crippen LogP contribution in [0.5, 0.6) is 0 Å². The van der Waals surface area contributed by atoms with Gasteiger partial charge < -0.3 is 5.32 Å². The SMILES string of the molecule is CCCNC1CCCCC1N1CCC(N(CC)CC)C1. The number of hydrogen-bond acceptors (Lipinski definition) is 3. The van der Waals surface area contributed by atoms with Crippen molar-refractivity contribution in [2.75, 3.05) is 32.7 Å². The number of rotatable bonds is 7. The Labute approximate surface area is 126 Å². The van der Waals surface area contributed by atoms with E-state index in [1.54, 1.807) is 0 Å². The Morgan fingerprint density at radius 3 is 2.50 bits per heavy atom. The molecular formula is C17H35N3. The molecule has 1 N–H and O–H groups in total. The smallest absolute Gasteiger partial charge is 0.0250 e. The van der Waals surface area contributed by atoms with Gasteiger partial charge in [-0.3, -0.25) is 9.80 Å². The van der Waals surface area contributed by atoms with Crippen molar-refractivity contribution in [1.82, 2.24) is 15.1 Å².